The quantitative estimate of drug-likeness (QED) is 0.745. The van der Waals surface area contributed by atoms with Crippen molar-refractivity contribution in [2.24, 2.45) is 10.8 Å². The van der Waals surface area contributed by atoms with Crippen LogP contribution in [-0.4, -0.2) is 49.5 Å². The zero-order valence-corrected chi connectivity index (χ0v) is 14.0. The van der Waals surface area contributed by atoms with E-state index in [0.717, 1.165) is 0 Å². The topological polar surface area (TPSA) is 122 Å². The number of benzene rings is 1. The first-order valence-electron chi connectivity index (χ1n) is 7.68. The average molecular weight is 368 g/mol. The van der Waals surface area contributed by atoms with E-state index in [9.17, 15) is 22.4 Å². The third-order valence-electron chi connectivity index (χ3n) is 4.16. The number of anilines is 1. The van der Waals surface area contributed by atoms with E-state index < -0.39 is 39.6 Å². The molecule has 3 rings (SSSR count). The molecule has 10 heteroatoms. The summed E-state index contributed by atoms with van der Waals surface area (Å²) in [6.45, 7) is 0. The van der Waals surface area contributed by atoms with Gasteiger partial charge in [-0.05, 0) is 30.7 Å². The van der Waals surface area contributed by atoms with Gasteiger partial charge in [0.05, 0.1) is 17.2 Å². The number of carbonyl (C=O) groups excluding carboxylic acids is 2. The van der Waals surface area contributed by atoms with Gasteiger partial charge in [0.15, 0.2) is 9.84 Å². The first kappa shape index (κ1) is 17.3. The second-order valence-corrected chi connectivity index (χ2v) is 8.29. The lowest BCUT2D eigenvalue weighted by Crippen LogP contribution is -2.41. The van der Waals surface area contributed by atoms with Crippen LogP contribution in [0.3, 0.4) is 0 Å². The fraction of sp³-hybridized carbons (Fsp3) is 0.400. The SMILES string of the molecule is NC(=O)[C@@H]1CC(C(=O)N[C@@H]2CCS(=O)(=O)C2)=NN1c1ccc(F)cc1. The molecule has 1 fully saturated rings. The highest BCUT2D eigenvalue weighted by molar-refractivity contribution is 7.91. The van der Waals surface area contributed by atoms with Gasteiger partial charge in [-0.25, -0.2) is 12.8 Å². The third kappa shape index (κ3) is 3.78. The third-order valence-corrected chi connectivity index (χ3v) is 5.93. The van der Waals surface area contributed by atoms with Gasteiger partial charge in [-0.1, -0.05) is 0 Å². The van der Waals surface area contributed by atoms with Crippen LogP contribution in [-0.2, 0) is 19.4 Å². The minimum atomic E-state index is -3.12. The Morgan fingerprint density at radius 2 is 1.96 bits per heavy atom. The van der Waals surface area contributed by atoms with E-state index in [2.05, 4.69) is 10.4 Å². The van der Waals surface area contributed by atoms with Crippen LogP contribution in [0.15, 0.2) is 29.4 Å². The van der Waals surface area contributed by atoms with Gasteiger partial charge in [-0.2, -0.15) is 5.10 Å². The number of amides is 2. The van der Waals surface area contributed by atoms with Gasteiger partial charge in [-0.3, -0.25) is 14.6 Å². The van der Waals surface area contributed by atoms with Crippen LogP contribution in [0.2, 0.25) is 0 Å². The molecule has 0 bridgehead atoms. The summed E-state index contributed by atoms with van der Waals surface area (Å²) in [6, 6.07) is 3.96. The second-order valence-electron chi connectivity index (χ2n) is 6.06. The van der Waals surface area contributed by atoms with Crippen LogP contribution in [0.1, 0.15) is 12.8 Å². The number of hydrogen-bond acceptors (Lipinski definition) is 6. The molecule has 1 aromatic carbocycles. The van der Waals surface area contributed by atoms with Crippen LogP contribution in [0.25, 0.3) is 0 Å². The molecule has 0 radical (unpaired) electrons. The van der Waals surface area contributed by atoms with E-state index in [4.69, 9.17) is 5.73 Å². The molecule has 0 unspecified atom stereocenters. The second kappa shape index (κ2) is 6.43. The summed E-state index contributed by atoms with van der Waals surface area (Å²) in [5, 5.41) is 8.04. The Labute approximate surface area is 143 Å². The number of halogens is 1. The number of hydrogen-bond donors (Lipinski definition) is 2. The van der Waals surface area contributed by atoms with Crippen molar-refractivity contribution in [3.63, 3.8) is 0 Å². The number of nitrogens with zero attached hydrogens (tertiary/aromatic N) is 2. The number of primary amides is 1. The van der Waals surface area contributed by atoms with Gasteiger partial charge < -0.3 is 11.1 Å². The van der Waals surface area contributed by atoms with Crippen LogP contribution in [0, 0.1) is 5.82 Å². The van der Waals surface area contributed by atoms with Gasteiger partial charge in [0, 0.05) is 12.5 Å². The predicted octanol–water partition coefficient (Wildman–Crippen LogP) is -0.451. The molecule has 0 aromatic heterocycles. The molecule has 25 heavy (non-hydrogen) atoms. The summed E-state index contributed by atoms with van der Waals surface area (Å²) in [6.07, 6.45) is 0.348. The fourth-order valence-electron chi connectivity index (χ4n) is 2.88. The molecule has 2 amide bonds. The van der Waals surface area contributed by atoms with Gasteiger partial charge in [0.1, 0.15) is 17.6 Å². The van der Waals surface area contributed by atoms with Crippen LogP contribution in [0.5, 0.6) is 0 Å². The van der Waals surface area contributed by atoms with Crippen molar-refractivity contribution in [2.45, 2.75) is 24.9 Å². The first-order valence-corrected chi connectivity index (χ1v) is 9.50. The van der Waals surface area contributed by atoms with Gasteiger partial charge in [-0.15, -0.1) is 0 Å². The molecule has 8 nitrogen and oxygen atoms in total. The molecular formula is C15H17FN4O4S. The van der Waals surface area contributed by atoms with E-state index in [1.54, 1.807) is 0 Å². The number of sulfone groups is 1. The zero-order valence-electron chi connectivity index (χ0n) is 13.2. The van der Waals surface area contributed by atoms with Crippen LogP contribution in [0.4, 0.5) is 10.1 Å². The highest BCUT2D eigenvalue weighted by Gasteiger charge is 2.36. The maximum atomic E-state index is 13.1. The number of hydrazone groups is 1. The number of rotatable bonds is 4. The first-order chi connectivity index (χ1) is 11.7. The summed E-state index contributed by atoms with van der Waals surface area (Å²) in [5.41, 5.74) is 5.89. The highest BCUT2D eigenvalue weighted by atomic mass is 32.2. The van der Waals surface area contributed by atoms with Crippen molar-refractivity contribution < 1.29 is 22.4 Å². The minimum Gasteiger partial charge on any atom is -0.368 e. The highest BCUT2D eigenvalue weighted by Crippen LogP contribution is 2.25. The molecule has 2 aliphatic rings. The summed E-state index contributed by atoms with van der Waals surface area (Å²) in [5.74, 6) is -1.71. The summed E-state index contributed by atoms with van der Waals surface area (Å²) < 4.78 is 36.0. The summed E-state index contributed by atoms with van der Waals surface area (Å²) in [4.78, 5) is 24.0. The van der Waals surface area contributed by atoms with Crippen molar-refractivity contribution in [3.8, 4) is 0 Å². The Bertz CT molecular complexity index is 838. The van der Waals surface area contributed by atoms with Crippen molar-refractivity contribution in [3.05, 3.63) is 30.1 Å². The largest absolute Gasteiger partial charge is 0.368 e. The smallest absolute Gasteiger partial charge is 0.267 e. The van der Waals surface area contributed by atoms with E-state index in [1.807, 2.05) is 0 Å². The summed E-state index contributed by atoms with van der Waals surface area (Å²) in [7, 11) is -3.12. The molecule has 1 saturated heterocycles. The molecule has 1 aromatic rings. The van der Waals surface area contributed by atoms with Crippen LogP contribution < -0.4 is 16.1 Å². The lowest BCUT2D eigenvalue weighted by molar-refractivity contribution is -0.119. The molecule has 0 saturated carbocycles. The van der Waals surface area contributed by atoms with Crippen molar-refractivity contribution >= 4 is 33.1 Å². The van der Waals surface area contributed by atoms with E-state index in [0.29, 0.717) is 12.1 Å². The number of nitrogens with one attached hydrogen (secondary N) is 1. The summed E-state index contributed by atoms with van der Waals surface area (Å²) >= 11 is 0. The molecule has 2 heterocycles. The predicted molar refractivity (Wildman–Crippen MR) is 89.1 cm³/mol. The standard InChI is InChI=1S/C15H17FN4O4S/c16-9-1-3-11(4-2-9)20-13(14(17)21)7-12(19-20)15(22)18-10-5-6-25(23,24)8-10/h1-4,10,13H,5-8H2,(H2,17,21)(H,18,22)/t10-,13+/m1/s1. The Hall–Kier alpha value is -2.49. The Morgan fingerprint density at radius 3 is 2.52 bits per heavy atom. The lowest BCUT2D eigenvalue weighted by Gasteiger charge is -2.20. The molecule has 2 atom stereocenters. The van der Waals surface area contributed by atoms with Crippen molar-refractivity contribution in [1.29, 1.82) is 0 Å². The van der Waals surface area contributed by atoms with Gasteiger partial charge in [0.25, 0.3) is 5.91 Å². The van der Waals surface area contributed by atoms with E-state index in [1.165, 1.54) is 29.3 Å². The maximum Gasteiger partial charge on any atom is 0.267 e. The lowest BCUT2D eigenvalue weighted by atomic mass is 10.1. The normalized spacial score (nSPS) is 24.8. The Balaban J connectivity index is 1.77. The molecule has 0 spiro atoms. The molecule has 2 aliphatic heterocycles. The van der Waals surface area contributed by atoms with Gasteiger partial charge >= 0.3 is 0 Å². The molecular weight excluding hydrogens is 351 g/mol. The van der Waals surface area contributed by atoms with Crippen molar-refractivity contribution in [1.82, 2.24) is 5.32 Å². The fourth-order valence-corrected chi connectivity index (χ4v) is 4.55. The molecule has 0 aliphatic carbocycles. The van der Waals surface area contributed by atoms with Crippen molar-refractivity contribution in [2.75, 3.05) is 16.5 Å². The molecule has 134 valence electrons. The molecule has 3 N–H and O–H groups in total. The average Bonchev–Trinajstić information content (AvgIpc) is 3.12. The minimum absolute atomic E-state index is 0.00197. The Morgan fingerprint density at radius 1 is 1.28 bits per heavy atom. The maximum absolute atomic E-state index is 13.1. The zero-order chi connectivity index (χ0) is 18.2. The van der Waals surface area contributed by atoms with E-state index in [-0.39, 0.29) is 23.6 Å². The van der Waals surface area contributed by atoms with Gasteiger partial charge in [0.2, 0.25) is 5.91 Å². The van der Waals surface area contributed by atoms with E-state index >= 15 is 0 Å². The number of nitrogens with two attached hydrogens (primary N) is 1. The monoisotopic (exact) mass is 368 g/mol. The Kier molecular flexibility index (Phi) is 4.46. The number of carbonyl (C=O) groups is 2. The van der Waals surface area contributed by atoms with Crippen LogP contribution >= 0.6 is 0 Å².